The van der Waals surface area contributed by atoms with E-state index >= 15 is 0 Å². The number of carboxylic acid groups (broad SMARTS) is 1. The molecule has 1 amide bonds. The number of non-ortho nitro benzene ring substituents is 1. The number of amides is 1. The number of nitrogens with zero attached hydrogens (tertiary/aromatic N) is 2. The smallest absolute Gasteiger partial charge is 0.320 e. The van der Waals surface area contributed by atoms with Gasteiger partial charge in [-0.05, 0) is 26.5 Å². The highest BCUT2D eigenvalue weighted by molar-refractivity contribution is 5.92. The van der Waals surface area contributed by atoms with Crippen LogP contribution in [0.2, 0.25) is 0 Å². The van der Waals surface area contributed by atoms with E-state index in [1.807, 2.05) is 0 Å². The molecule has 0 saturated carbocycles. The number of likely N-dealkylation sites (N-methyl/N-ethyl adjacent to an activating group) is 1. The number of hydrogen-bond donors (Lipinski definition) is 2. The molecule has 0 aliphatic carbocycles. The van der Waals surface area contributed by atoms with Gasteiger partial charge in [0.05, 0.1) is 10.6 Å². The van der Waals surface area contributed by atoms with Gasteiger partial charge in [0.2, 0.25) is 5.91 Å². The number of nitrogens with one attached hydrogen (secondary N) is 1. The minimum atomic E-state index is -0.961. The maximum atomic E-state index is 11.9. The minimum Gasteiger partial charge on any atom is -0.480 e. The van der Waals surface area contributed by atoms with Crippen molar-refractivity contribution in [3.8, 4) is 0 Å². The number of carbonyl (C=O) groups is 2. The SMILES string of the molecule is Cc1ccc([N+](=O)[O-])cc1NC(=O)CCN(C)C(C)C(=O)O. The van der Waals surface area contributed by atoms with Crippen molar-refractivity contribution in [2.45, 2.75) is 26.3 Å². The number of carboxylic acids is 1. The summed E-state index contributed by atoms with van der Waals surface area (Å²) in [5.41, 5.74) is 0.997. The van der Waals surface area contributed by atoms with Crippen LogP contribution in [0, 0.1) is 17.0 Å². The maximum Gasteiger partial charge on any atom is 0.320 e. The molecule has 22 heavy (non-hydrogen) atoms. The van der Waals surface area contributed by atoms with E-state index in [2.05, 4.69) is 5.32 Å². The van der Waals surface area contributed by atoms with Gasteiger partial charge in [0.1, 0.15) is 6.04 Å². The van der Waals surface area contributed by atoms with E-state index in [0.717, 1.165) is 0 Å². The minimum absolute atomic E-state index is 0.0935. The van der Waals surface area contributed by atoms with Crippen LogP contribution in [0.3, 0.4) is 0 Å². The summed E-state index contributed by atoms with van der Waals surface area (Å²) in [5.74, 6) is -1.29. The van der Waals surface area contributed by atoms with E-state index in [-0.39, 0.29) is 24.6 Å². The molecule has 0 aromatic heterocycles. The van der Waals surface area contributed by atoms with Gasteiger partial charge in [0.25, 0.3) is 5.69 Å². The van der Waals surface area contributed by atoms with Crippen molar-refractivity contribution < 1.29 is 19.6 Å². The average Bonchev–Trinajstić information content (AvgIpc) is 2.45. The average molecular weight is 309 g/mol. The quantitative estimate of drug-likeness (QED) is 0.584. The molecule has 0 bridgehead atoms. The van der Waals surface area contributed by atoms with Crippen molar-refractivity contribution in [3.63, 3.8) is 0 Å². The molecule has 0 radical (unpaired) electrons. The van der Waals surface area contributed by atoms with Crippen molar-refractivity contribution in [2.24, 2.45) is 0 Å². The number of aliphatic carboxylic acids is 1. The third-order valence-electron chi connectivity index (χ3n) is 3.42. The normalized spacial score (nSPS) is 12.0. The number of anilines is 1. The van der Waals surface area contributed by atoms with Gasteiger partial charge in [0, 0.05) is 25.1 Å². The number of benzene rings is 1. The molecule has 0 fully saturated rings. The van der Waals surface area contributed by atoms with Gasteiger partial charge in [-0.3, -0.25) is 24.6 Å². The summed E-state index contributed by atoms with van der Waals surface area (Å²) in [6.45, 7) is 3.54. The Bertz CT molecular complexity index is 588. The fraction of sp³-hybridized carbons (Fsp3) is 0.429. The summed E-state index contributed by atoms with van der Waals surface area (Å²) in [5, 5.41) is 22.2. The van der Waals surface area contributed by atoms with E-state index in [1.54, 1.807) is 24.9 Å². The molecule has 1 unspecified atom stereocenters. The van der Waals surface area contributed by atoms with Crippen LogP contribution in [0.4, 0.5) is 11.4 Å². The van der Waals surface area contributed by atoms with Crippen LogP contribution in [0.1, 0.15) is 18.9 Å². The summed E-state index contributed by atoms with van der Waals surface area (Å²) in [4.78, 5) is 34.5. The van der Waals surface area contributed by atoms with Crippen molar-refractivity contribution >= 4 is 23.3 Å². The summed E-state index contributed by atoms with van der Waals surface area (Å²) in [6.07, 6.45) is 0.0935. The van der Waals surface area contributed by atoms with E-state index in [1.165, 1.54) is 19.1 Å². The van der Waals surface area contributed by atoms with Crippen molar-refractivity contribution in [1.29, 1.82) is 0 Å². The molecule has 8 nitrogen and oxygen atoms in total. The number of nitro benzene ring substituents is 1. The van der Waals surface area contributed by atoms with Crippen LogP contribution in [0.25, 0.3) is 0 Å². The second-order valence-corrected chi connectivity index (χ2v) is 5.05. The molecule has 0 aliphatic rings. The standard InChI is InChI=1S/C14H19N3O5/c1-9-4-5-11(17(21)22)8-12(9)15-13(18)6-7-16(3)10(2)14(19)20/h4-5,8,10H,6-7H2,1-3H3,(H,15,18)(H,19,20). The Kier molecular flexibility index (Phi) is 6.00. The number of carbonyl (C=O) groups excluding carboxylic acids is 1. The highest BCUT2D eigenvalue weighted by atomic mass is 16.6. The predicted octanol–water partition coefficient (Wildman–Crippen LogP) is 1.64. The Morgan fingerprint density at radius 2 is 2.09 bits per heavy atom. The zero-order valence-electron chi connectivity index (χ0n) is 12.7. The highest BCUT2D eigenvalue weighted by Crippen LogP contribution is 2.21. The van der Waals surface area contributed by atoms with Crippen molar-refractivity contribution in [2.75, 3.05) is 18.9 Å². The molecule has 0 spiro atoms. The molecule has 1 atom stereocenters. The number of rotatable bonds is 7. The van der Waals surface area contributed by atoms with Gasteiger partial charge in [-0.1, -0.05) is 6.07 Å². The van der Waals surface area contributed by atoms with Crippen LogP contribution in [-0.2, 0) is 9.59 Å². The topological polar surface area (TPSA) is 113 Å². The number of hydrogen-bond acceptors (Lipinski definition) is 5. The molecule has 0 aliphatic heterocycles. The third-order valence-corrected chi connectivity index (χ3v) is 3.42. The number of nitro groups is 1. The van der Waals surface area contributed by atoms with Gasteiger partial charge in [-0.15, -0.1) is 0 Å². The van der Waals surface area contributed by atoms with Gasteiger partial charge in [0.15, 0.2) is 0 Å². The van der Waals surface area contributed by atoms with E-state index in [0.29, 0.717) is 11.3 Å². The molecule has 0 saturated heterocycles. The molecule has 1 aromatic rings. The molecule has 2 N–H and O–H groups in total. The molecule has 8 heteroatoms. The molecule has 120 valence electrons. The molecular weight excluding hydrogens is 290 g/mol. The zero-order chi connectivity index (χ0) is 16.9. The van der Waals surface area contributed by atoms with Crippen molar-refractivity contribution in [1.82, 2.24) is 4.90 Å². The highest BCUT2D eigenvalue weighted by Gasteiger charge is 2.17. The fourth-order valence-corrected chi connectivity index (χ4v) is 1.73. The lowest BCUT2D eigenvalue weighted by molar-refractivity contribution is -0.384. The van der Waals surface area contributed by atoms with E-state index in [9.17, 15) is 19.7 Å². The second kappa shape index (κ2) is 7.51. The maximum absolute atomic E-state index is 11.9. The van der Waals surface area contributed by atoms with Gasteiger partial charge >= 0.3 is 5.97 Å². The summed E-state index contributed by atoms with van der Waals surface area (Å²) < 4.78 is 0. The monoisotopic (exact) mass is 309 g/mol. The Morgan fingerprint density at radius 3 is 2.64 bits per heavy atom. The summed E-state index contributed by atoms with van der Waals surface area (Å²) >= 11 is 0. The lowest BCUT2D eigenvalue weighted by atomic mass is 10.1. The first-order valence-electron chi connectivity index (χ1n) is 6.70. The first-order valence-corrected chi connectivity index (χ1v) is 6.70. The Hall–Kier alpha value is -2.48. The van der Waals surface area contributed by atoms with Crippen LogP contribution in [-0.4, -0.2) is 46.4 Å². The Balaban J connectivity index is 2.64. The zero-order valence-corrected chi connectivity index (χ0v) is 12.7. The summed E-state index contributed by atoms with van der Waals surface area (Å²) in [6, 6.07) is 3.55. The third kappa shape index (κ3) is 4.81. The van der Waals surface area contributed by atoms with Crippen LogP contribution >= 0.6 is 0 Å². The number of aryl methyl sites for hydroxylation is 1. The van der Waals surface area contributed by atoms with Crippen LogP contribution < -0.4 is 5.32 Å². The summed E-state index contributed by atoms with van der Waals surface area (Å²) in [7, 11) is 1.62. The van der Waals surface area contributed by atoms with Crippen LogP contribution in [0.15, 0.2) is 18.2 Å². The van der Waals surface area contributed by atoms with Gasteiger partial charge in [-0.2, -0.15) is 0 Å². The van der Waals surface area contributed by atoms with Gasteiger partial charge < -0.3 is 10.4 Å². The molecule has 1 aromatic carbocycles. The molecule has 0 heterocycles. The first-order chi connectivity index (χ1) is 10.2. The Labute approximate surface area is 127 Å². The van der Waals surface area contributed by atoms with Crippen LogP contribution in [0.5, 0.6) is 0 Å². The largest absolute Gasteiger partial charge is 0.480 e. The Morgan fingerprint density at radius 1 is 1.45 bits per heavy atom. The lowest BCUT2D eigenvalue weighted by Crippen LogP contribution is -2.37. The fourth-order valence-electron chi connectivity index (χ4n) is 1.73. The van der Waals surface area contributed by atoms with E-state index in [4.69, 9.17) is 5.11 Å². The lowest BCUT2D eigenvalue weighted by Gasteiger charge is -2.20. The van der Waals surface area contributed by atoms with Crippen molar-refractivity contribution in [3.05, 3.63) is 33.9 Å². The van der Waals surface area contributed by atoms with E-state index < -0.39 is 16.9 Å². The predicted molar refractivity (Wildman–Crippen MR) is 80.8 cm³/mol. The molecular formula is C14H19N3O5. The first kappa shape index (κ1) is 17.6. The van der Waals surface area contributed by atoms with Gasteiger partial charge in [-0.25, -0.2) is 0 Å². The molecule has 1 rings (SSSR count). The second-order valence-electron chi connectivity index (χ2n) is 5.05.